The van der Waals surface area contributed by atoms with Gasteiger partial charge in [0.1, 0.15) is 24.0 Å². The van der Waals surface area contributed by atoms with Gasteiger partial charge >= 0.3 is 5.97 Å². The molecular formula is C29H43NO5S. The SMILES string of the molecule is CCc1cc(C(CC)(CC)c2ccc(C(=O)N[C@@H](C)C(=O)OC)s2)ccc1OCC(C)(O)C(C)(C)C. The van der Waals surface area contributed by atoms with Gasteiger partial charge in [-0.3, -0.25) is 4.79 Å². The van der Waals surface area contributed by atoms with Crippen LogP contribution >= 0.6 is 11.3 Å². The molecule has 0 aliphatic heterocycles. The fourth-order valence-corrected chi connectivity index (χ4v) is 5.36. The third-order valence-corrected chi connectivity index (χ3v) is 8.82. The van der Waals surface area contributed by atoms with Crippen LogP contribution < -0.4 is 10.1 Å². The van der Waals surface area contributed by atoms with Crippen molar-refractivity contribution < 1.29 is 24.2 Å². The molecule has 0 aliphatic carbocycles. The minimum Gasteiger partial charge on any atom is -0.490 e. The highest BCUT2D eigenvalue weighted by atomic mass is 32.1. The largest absolute Gasteiger partial charge is 0.490 e. The van der Waals surface area contributed by atoms with Crippen molar-refractivity contribution >= 4 is 23.2 Å². The van der Waals surface area contributed by atoms with Crippen molar-refractivity contribution in [2.24, 2.45) is 5.41 Å². The van der Waals surface area contributed by atoms with Crippen LogP contribution in [0.15, 0.2) is 30.3 Å². The van der Waals surface area contributed by atoms with Gasteiger partial charge in [-0.2, -0.15) is 0 Å². The molecule has 2 aromatic rings. The van der Waals surface area contributed by atoms with Gasteiger partial charge in [0.15, 0.2) is 0 Å². The lowest BCUT2D eigenvalue weighted by atomic mass is 9.74. The van der Waals surface area contributed by atoms with Crippen LogP contribution in [0.1, 0.15) is 93.9 Å². The second-order valence-corrected chi connectivity index (χ2v) is 11.7. The third kappa shape index (κ3) is 6.30. The number of amides is 1. The first-order valence-electron chi connectivity index (χ1n) is 12.7. The number of carbonyl (C=O) groups is 2. The maximum Gasteiger partial charge on any atom is 0.328 e. The number of esters is 1. The van der Waals surface area contributed by atoms with Crippen molar-refractivity contribution in [2.75, 3.05) is 13.7 Å². The molecule has 2 N–H and O–H groups in total. The first-order chi connectivity index (χ1) is 16.8. The summed E-state index contributed by atoms with van der Waals surface area (Å²) >= 11 is 1.46. The molecule has 0 saturated carbocycles. The van der Waals surface area contributed by atoms with Crippen LogP contribution in [0.3, 0.4) is 0 Å². The predicted octanol–water partition coefficient (Wildman–Crippen LogP) is 5.88. The van der Waals surface area contributed by atoms with Gasteiger partial charge in [-0.05, 0) is 67.9 Å². The number of aliphatic hydroxyl groups is 1. The lowest BCUT2D eigenvalue weighted by Gasteiger charge is -2.37. The average molecular weight is 518 g/mol. The number of nitrogens with one attached hydrogen (secondary N) is 1. The molecule has 0 bridgehead atoms. The van der Waals surface area contributed by atoms with Crippen molar-refractivity contribution in [1.82, 2.24) is 5.32 Å². The summed E-state index contributed by atoms with van der Waals surface area (Å²) in [7, 11) is 1.30. The van der Waals surface area contributed by atoms with E-state index >= 15 is 0 Å². The minimum absolute atomic E-state index is 0.211. The molecule has 6 nitrogen and oxygen atoms in total. The fourth-order valence-electron chi connectivity index (χ4n) is 4.10. The van der Waals surface area contributed by atoms with Gasteiger partial charge in [-0.15, -0.1) is 11.3 Å². The molecule has 0 saturated heterocycles. The van der Waals surface area contributed by atoms with Crippen molar-refractivity contribution in [3.63, 3.8) is 0 Å². The number of methoxy groups -OCH3 is 1. The van der Waals surface area contributed by atoms with Crippen LogP contribution in [0, 0.1) is 5.41 Å². The minimum atomic E-state index is -0.966. The van der Waals surface area contributed by atoms with Gasteiger partial charge < -0.3 is 19.9 Å². The van der Waals surface area contributed by atoms with E-state index in [-0.39, 0.29) is 23.3 Å². The summed E-state index contributed by atoms with van der Waals surface area (Å²) in [4.78, 5) is 26.1. The number of hydrogen-bond donors (Lipinski definition) is 2. The first kappa shape index (κ1) is 29.8. The van der Waals surface area contributed by atoms with E-state index in [1.807, 2.05) is 45.9 Å². The summed E-state index contributed by atoms with van der Waals surface area (Å²) in [5, 5.41) is 13.6. The molecule has 7 heteroatoms. The predicted molar refractivity (Wildman–Crippen MR) is 146 cm³/mol. The highest BCUT2D eigenvalue weighted by molar-refractivity contribution is 7.14. The van der Waals surface area contributed by atoms with E-state index in [2.05, 4.69) is 38.2 Å². The van der Waals surface area contributed by atoms with Gasteiger partial charge in [0.05, 0.1) is 12.0 Å². The Labute approximate surface area is 220 Å². The van der Waals surface area contributed by atoms with Crippen LogP contribution in [-0.4, -0.2) is 42.3 Å². The topological polar surface area (TPSA) is 84.9 Å². The molecular weight excluding hydrogens is 474 g/mol. The van der Waals surface area contributed by atoms with Crippen LogP contribution in [0.25, 0.3) is 0 Å². The van der Waals surface area contributed by atoms with Crippen molar-refractivity contribution in [3.05, 3.63) is 51.2 Å². The lowest BCUT2D eigenvalue weighted by molar-refractivity contribution is -0.142. The van der Waals surface area contributed by atoms with Crippen LogP contribution in [-0.2, 0) is 21.4 Å². The fraction of sp³-hybridized carbons (Fsp3) is 0.586. The normalized spacial score (nSPS) is 14.6. The van der Waals surface area contributed by atoms with Gasteiger partial charge in [-0.1, -0.05) is 53.7 Å². The summed E-state index contributed by atoms with van der Waals surface area (Å²) in [6, 6.07) is 9.44. The van der Waals surface area contributed by atoms with Gasteiger partial charge in [0, 0.05) is 10.3 Å². The molecule has 0 spiro atoms. The molecule has 200 valence electrons. The number of hydrogen-bond acceptors (Lipinski definition) is 6. The summed E-state index contributed by atoms with van der Waals surface area (Å²) in [5.41, 5.74) is 0.737. The zero-order valence-electron chi connectivity index (χ0n) is 23.3. The van der Waals surface area contributed by atoms with E-state index in [0.717, 1.165) is 35.5 Å². The van der Waals surface area contributed by atoms with Crippen molar-refractivity contribution in [1.29, 1.82) is 0 Å². The number of ether oxygens (including phenoxy) is 2. The molecule has 1 heterocycles. The van der Waals surface area contributed by atoms with E-state index in [9.17, 15) is 14.7 Å². The average Bonchev–Trinajstić information content (AvgIpc) is 3.33. The molecule has 0 radical (unpaired) electrons. The zero-order valence-corrected chi connectivity index (χ0v) is 24.1. The molecule has 1 aromatic carbocycles. The summed E-state index contributed by atoms with van der Waals surface area (Å²) in [6.07, 6.45) is 2.53. The van der Waals surface area contributed by atoms with Gasteiger partial charge in [0.25, 0.3) is 5.91 Å². The highest BCUT2D eigenvalue weighted by Gasteiger charge is 2.37. The molecule has 2 atom stereocenters. The smallest absolute Gasteiger partial charge is 0.328 e. The number of aryl methyl sites for hydroxylation is 1. The number of thiophene rings is 1. The van der Waals surface area contributed by atoms with Gasteiger partial charge in [-0.25, -0.2) is 4.79 Å². The monoisotopic (exact) mass is 517 g/mol. The molecule has 1 aromatic heterocycles. The molecule has 1 amide bonds. The molecule has 0 fully saturated rings. The van der Waals surface area contributed by atoms with Crippen LogP contribution in [0.5, 0.6) is 5.75 Å². The van der Waals surface area contributed by atoms with Crippen LogP contribution in [0.2, 0.25) is 0 Å². The Morgan fingerprint density at radius 3 is 2.22 bits per heavy atom. The van der Waals surface area contributed by atoms with Gasteiger partial charge in [0.2, 0.25) is 0 Å². The Morgan fingerprint density at radius 2 is 1.69 bits per heavy atom. The zero-order chi connectivity index (χ0) is 27.3. The highest BCUT2D eigenvalue weighted by Crippen LogP contribution is 2.43. The summed E-state index contributed by atoms with van der Waals surface area (Å²) in [6.45, 7) is 16.1. The van der Waals surface area contributed by atoms with Crippen molar-refractivity contribution in [3.8, 4) is 5.75 Å². The Morgan fingerprint density at radius 1 is 1.06 bits per heavy atom. The number of benzene rings is 1. The Balaban J connectivity index is 2.37. The quantitative estimate of drug-likeness (QED) is 0.363. The second kappa shape index (κ2) is 11.8. The Hall–Kier alpha value is -2.38. The second-order valence-electron chi connectivity index (χ2n) is 10.7. The van der Waals surface area contributed by atoms with E-state index in [1.54, 1.807) is 6.92 Å². The van der Waals surface area contributed by atoms with E-state index < -0.39 is 17.6 Å². The summed E-state index contributed by atoms with van der Waals surface area (Å²) < 4.78 is 10.8. The Kier molecular flexibility index (Phi) is 9.77. The maximum atomic E-state index is 12.8. The summed E-state index contributed by atoms with van der Waals surface area (Å²) in [5.74, 6) is 0.0269. The molecule has 1 unspecified atom stereocenters. The van der Waals surface area contributed by atoms with Crippen molar-refractivity contribution in [2.45, 2.75) is 91.7 Å². The lowest BCUT2D eigenvalue weighted by Crippen LogP contribution is -2.45. The number of rotatable bonds is 11. The standard InChI is InChI=1S/C29H43NO5S/c1-10-20-17-21(13-14-22(20)35-18-28(8,33)27(5,6)7)29(11-2,12-3)24-16-15-23(36-24)25(31)30-19(4)26(32)34-9/h13-17,19,33H,10-12,18H2,1-9H3,(H,30,31)/t19-,28?/m0/s1. The Bertz CT molecular complexity index is 1050. The van der Waals surface area contributed by atoms with E-state index in [0.29, 0.717) is 4.88 Å². The third-order valence-electron chi connectivity index (χ3n) is 7.53. The van der Waals surface area contributed by atoms with Crippen LogP contribution in [0.4, 0.5) is 0 Å². The van der Waals surface area contributed by atoms with E-state index in [1.165, 1.54) is 24.0 Å². The van der Waals surface area contributed by atoms with E-state index in [4.69, 9.17) is 9.47 Å². The molecule has 0 aliphatic rings. The molecule has 2 rings (SSSR count). The first-order valence-corrected chi connectivity index (χ1v) is 13.6. The molecule has 36 heavy (non-hydrogen) atoms. The number of carbonyl (C=O) groups excluding carboxylic acids is 2. The maximum absolute atomic E-state index is 12.8.